The number of hydrogen-bond donors (Lipinski definition) is 2. The van der Waals surface area contributed by atoms with Gasteiger partial charge in [0.15, 0.2) is 0 Å². The lowest BCUT2D eigenvalue weighted by atomic mass is 10.0. The number of hydrogen-bond acceptors (Lipinski definition) is 4. The van der Waals surface area contributed by atoms with E-state index in [0.29, 0.717) is 4.88 Å². The molecule has 3 rings (SSSR count). The first-order valence-electron chi connectivity index (χ1n) is 8.00. The molecule has 8 heteroatoms. The van der Waals surface area contributed by atoms with Gasteiger partial charge in [0, 0.05) is 42.3 Å². The van der Waals surface area contributed by atoms with Gasteiger partial charge in [-0.1, -0.05) is 6.07 Å². The molecule has 1 amide bonds. The van der Waals surface area contributed by atoms with Crippen molar-refractivity contribution in [2.24, 2.45) is 12.8 Å². The highest BCUT2D eigenvalue weighted by atomic mass is 32.1. The molecular formula is C18H18F2N4OS. The first-order chi connectivity index (χ1) is 12.5. The molecule has 0 aliphatic rings. The largest absolute Gasteiger partial charge is 0.347 e. The molecule has 136 valence electrons. The predicted octanol–water partition coefficient (Wildman–Crippen LogP) is 2.73. The Labute approximate surface area is 153 Å². The third-order valence-corrected chi connectivity index (χ3v) is 5.00. The average Bonchev–Trinajstić information content (AvgIpc) is 3.25. The highest BCUT2D eigenvalue weighted by Crippen LogP contribution is 2.25. The van der Waals surface area contributed by atoms with Gasteiger partial charge in [0.1, 0.15) is 11.6 Å². The summed E-state index contributed by atoms with van der Waals surface area (Å²) in [6.07, 6.45) is 1.67. The summed E-state index contributed by atoms with van der Waals surface area (Å²) < 4.78 is 29.3. The first-order valence-corrected chi connectivity index (χ1v) is 8.88. The number of thiophene rings is 1. The van der Waals surface area contributed by atoms with Crippen molar-refractivity contribution >= 4 is 17.2 Å². The molecule has 0 saturated carbocycles. The highest BCUT2D eigenvalue weighted by molar-refractivity contribution is 7.12. The van der Waals surface area contributed by atoms with E-state index in [9.17, 15) is 13.6 Å². The molecule has 0 aliphatic heterocycles. The van der Waals surface area contributed by atoms with Gasteiger partial charge in [0.2, 0.25) is 0 Å². The summed E-state index contributed by atoms with van der Waals surface area (Å²) in [5.41, 5.74) is 7.37. The van der Waals surface area contributed by atoms with E-state index >= 15 is 0 Å². The number of carbonyl (C=O) groups is 1. The van der Waals surface area contributed by atoms with Gasteiger partial charge in [0.05, 0.1) is 10.6 Å². The fourth-order valence-corrected chi connectivity index (χ4v) is 3.47. The molecule has 0 unspecified atom stereocenters. The number of aromatic nitrogens is 2. The van der Waals surface area contributed by atoms with Crippen LogP contribution in [-0.2, 0) is 13.5 Å². The number of halogens is 2. The zero-order valence-electron chi connectivity index (χ0n) is 14.1. The van der Waals surface area contributed by atoms with Crippen LogP contribution in [-0.4, -0.2) is 28.3 Å². The van der Waals surface area contributed by atoms with Crippen LogP contribution in [0.5, 0.6) is 0 Å². The van der Waals surface area contributed by atoms with Gasteiger partial charge in [-0.15, -0.1) is 11.3 Å². The Balaban J connectivity index is 1.72. The van der Waals surface area contributed by atoms with E-state index in [2.05, 4.69) is 10.4 Å². The standard InChI is InChI=1S/C18H18F2N4OS/c1-24-16(5-6-22-24)11-7-17(26-10-11)18(25)23-12(9-21)8-13-14(19)3-2-4-15(13)20/h2-7,10,12H,8-9,21H2,1H3,(H,23,25)/t12-/m0/s1. The normalized spacial score (nSPS) is 12.2. The number of amides is 1. The van der Waals surface area contributed by atoms with Crippen molar-refractivity contribution in [2.45, 2.75) is 12.5 Å². The van der Waals surface area contributed by atoms with Crippen LogP contribution < -0.4 is 11.1 Å². The molecule has 0 spiro atoms. The molecule has 2 heterocycles. The van der Waals surface area contributed by atoms with Crippen molar-refractivity contribution < 1.29 is 13.6 Å². The van der Waals surface area contributed by atoms with E-state index < -0.39 is 17.7 Å². The molecule has 0 radical (unpaired) electrons. The fourth-order valence-electron chi connectivity index (χ4n) is 2.67. The minimum Gasteiger partial charge on any atom is -0.347 e. The van der Waals surface area contributed by atoms with Crippen LogP contribution in [0, 0.1) is 11.6 Å². The smallest absolute Gasteiger partial charge is 0.261 e. The van der Waals surface area contributed by atoms with E-state index in [1.165, 1.54) is 29.5 Å². The molecule has 3 aromatic rings. The second kappa shape index (κ2) is 7.76. The Kier molecular flexibility index (Phi) is 5.43. The fraction of sp³-hybridized carbons (Fsp3) is 0.222. The third kappa shape index (κ3) is 3.81. The van der Waals surface area contributed by atoms with E-state index in [-0.39, 0.29) is 24.4 Å². The first kappa shape index (κ1) is 18.2. The maximum atomic E-state index is 13.8. The average molecular weight is 376 g/mol. The van der Waals surface area contributed by atoms with Crippen molar-refractivity contribution in [2.75, 3.05) is 6.54 Å². The monoisotopic (exact) mass is 376 g/mol. The maximum Gasteiger partial charge on any atom is 0.261 e. The van der Waals surface area contributed by atoms with E-state index in [0.717, 1.165) is 11.3 Å². The van der Waals surface area contributed by atoms with Crippen LogP contribution in [0.3, 0.4) is 0 Å². The molecule has 0 fully saturated rings. The van der Waals surface area contributed by atoms with Crippen LogP contribution in [0.2, 0.25) is 0 Å². The van der Waals surface area contributed by atoms with Crippen molar-refractivity contribution in [1.29, 1.82) is 0 Å². The lowest BCUT2D eigenvalue weighted by Gasteiger charge is -2.17. The number of nitrogens with zero attached hydrogens (tertiary/aromatic N) is 2. The van der Waals surface area contributed by atoms with Gasteiger partial charge in [-0.3, -0.25) is 9.48 Å². The van der Waals surface area contributed by atoms with E-state index in [4.69, 9.17) is 5.73 Å². The molecule has 0 aliphatic carbocycles. The molecule has 2 aromatic heterocycles. The van der Waals surface area contributed by atoms with E-state index in [1.807, 2.05) is 18.5 Å². The molecule has 3 N–H and O–H groups in total. The number of carbonyl (C=O) groups excluding carboxylic acids is 1. The molecule has 1 atom stereocenters. The van der Waals surface area contributed by atoms with Crippen molar-refractivity contribution in [3.8, 4) is 11.3 Å². The lowest BCUT2D eigenvalue weighted by molar-refractivity contribution is 0.0941. The Hall–Kier alpha value is -2.58. The van der Waals surface area contributed by atoms with Crippen LogP contribution in [0.1, 0.15) is 15.2 Å². The molecular weight excluding hydrogens is 358 g/mol. The zero-order valence-corrected chi connectivity index (χ0v) is 14.9. The van der Waals surface area contributed by atoms with Gasteiger partial charge in [-0.2, -0.15) is 5.10 Å². The number of aryl methyl sites for hydroxylation is 1. The lowest BCUT2D eigenvalue weighted by Crippen LogP contribution is -2.41. The summed E-state index contributed by atoms with van der Waals surface area (Å²) in [6, 6.07) is 6.72. The van der Waals surface area contributed by atoms with Crippen LogP contribution in [0.25, 0.3) is 11.3 Å². The Bertz CT molecular complexity index is 901. The molecule has 0 saturated heterocycles. The Morgan fingerprint density at radius 2 is 2.08 bits per heavy atom. The van der Waals surface area contributed by atoms with Crippen LogP contribution in [0.15, 0.2) is 41.9 Å². The Morgan fingerprint density at radius 1 is 1.35 bits per heavy atom. The van der Waals surface area contributed by atoms with Crippen molar-refractivity contribution in [3.63, 3.8) is 0 Å². The third-order valence-electron chi connectivity index (χ3n) is 4.07. The van der Waals surface area contributed by atoms with Crippen molar-refractivity contribution in [1.82, 2.24) is 15.1 Å². The van der Waals surface area contributed by atoms with Gasteiger partial charge < -0.3 is 11.1 Å². The maximum absolute atomic E-state index is 13.8. The number of benzene rings is 1. The predicted molar refractivity (Wildman–Crippen MR) is 96.9 cm³/mol. The molecule has 1 aromatic carbocycles. The molecule has 5 nitrogen and oxygen atoms in total. The summed E-state index contributed by atoms with van der Waals surface area (Å²) in [4.78, 5) is 13.0. The number of nitrogens with two attached hydrogens (primary N) is 1. The number of nitrogens with one attached hydrogen (secondary N) is 1. The van der Waals surface area contributed by atoms with Gasteiger partial charge in [0.25, 0.3) is 5.91 Å². The van der Waals surface area contributed by atoms with Gasteiger partial charge >= 0.3 is 0 Å². The summed E-state index contributed by atoms with van der Waals surface area (Å²) in [5, 5.41) is 8.72. The Morgan fingerprint density at radius 3 is 2.69 bits per heavy atom. The van der Waals surface area contributed by atoms with Gasteiger partial charge in [-0.05, 0) is 30.7 Å². The van der Waals surface area contributed by atoms with Crippen LogP contribution in [0.4, 0.5) is 8.78 Å². The minimum atomic E-state index is -0.646. The molecule has 26 heavy (non-hydrogen) atoms. The number of rotatable bonds is 6. The van der Waals surface area contributed by atoms with Crippen molar-refractivity contribution in [3.05, 3.63) is 64.0 Å². The molecule has 0 bridgehead atoms. The van der Waals surface area contributed by atoms with E-state index in [1.54, 1.807) is 16.9 Å². The summed E-state index contributed by atoms with van der Waals surface area (Å²) in [6.45, 7) is 0.0689. The summed E-state index contributed by atoms with van der Waals surface area (Å²) in [5.74, 6) is -1.62. The summed E-state index contributed by atoms with van der Waals surface area (Å²) >= 11 is 1.29. The quantitative estimate of drug-likeness (QED) is 0.695. The zero-order chi connectivity index (χ0) is 18.7. The summed E-state index contributed by atoms with van der Waals surface area (Å²) in [7, 11) is 1.82. The SMILES string of the molecule is Cn1nccc1-c1csc(C(=O)N[C@H](CN)Cc2c(F)cccc2F)c1. The topological polar surface area (TPSA) is 72.9 Å². The second-order valence-corrected chi connectivity index (χ2v) is 6.76. The van der Waals surface area contributed by atoms with Gasteiger partial charge in [-0.25, -0.2) is 8.78 Å². The van der Waals surface area contributed by atoms with Crippen LogP contribution >= 0.6 is 11.3 Å². The second-order valence-electron chi connectivity index (χ2n) is 5.85. The highest BCUT2D eigenvalue weighted by Gasteiger charge is 2.19. The minimum absolute atomic E-state index is 0.0132.